The summed E-state index contributed by atoms with van der Waals surface area (Å²) in [6, 6.07) is 18.0. The average Bonchev–Trinajstić information content (AvgIpc) is 1.62. The third kappa shape index (κ3) is 22.3. The van der Waals surface area contributed by atoms with E-state index in [1.165, 1.54) is 38.0 Å². The van der Waals surface area contributed by atoms with E-state index in [0.29, 0.717) is 110 Å². The molecule has 11 atom stereocenters. The Morgan fingerprint density at radius 3 is 2.27 bits per heavy atom. The van der Waals surface area contributed by atoms with Crippen LogP contribution in [0.4, 0.5) is 4.39 Å². The molecule has 0 spiro atoms. The van der Waals surface area contributed by atoms with E-state index in [9.17, 15) is 38.7 Å². The molecule has 1 aromatic heterocycles. The molecule has 0 saturated carbocycles. The van der Waals surface area contributed by atoms with Gasteiger partial charge in [-0.25, -0.2) is 4.39 Å². The van der Waals surface area contributed by atoms with Gasteiger partial charge >= 0.3 is 0 Å². The predicted molar refractivity (Wildman–Crippen MR) is 409 cm³/mol. The van der Waals surface area contributed by atoms with Crippen molar-refractivity contribution in [3.05, 3.63) is 136 Å². The zero-order chi connectivity index (χ0) is 78.5. The number of amides is 10. The Balaban J connectivity index is 1.08. The number of hydrogen-bond donors (Lipinski definition) is 11. The smallest absolute Gasteiger partial charge is 0.246 e. The number of hydrogen-bond acceptors (Lipinski definition) is 17. The molecule has 6 aliphatic rings. The normalized spacial score (nSPS) is 26.3. The van der Waals surface area contributed by atoms with E-state index in [0.717, 1.165) is 30.5 Å². The molecular weight excluding hydrogens is 1410 g/mol. The van der Waals surface area contributed by atoms with E-state index in [-0.39, 0.29) is 109 Å². The van der Waals surface area contributed by atoms with Crippen LogP contribution in [0.15, 0.2) is 97.2 Å². The average molecular weight is 1520 g/mol. The van der Waals surface area contributed by atoms with E-state index < -0.39 is 119 Å². The number of methoxy groups -OCH3 is 1. The molecule has 11 rings (SSSR count). The first kappa shape index (κ1) is 82.8. The molecule has 2 unspecified atom stereocenters. The van der Waals surface area contributed by atoms with Gasteiger partial charge in [0.1, 0.15) is 60.2 Å². The number of carbonyl (C=O) groups is 11. The topological polar surface area (TPSA) is 361 Å². The van der Waals surface area contributed by atoms with Gasteiger partial charge in [-0.3, -0.25) is 52.8 Å². The van der Waals surface area contributed by atoms with Crippen molar-refractivity contribution in [3.63, 3.8) is 0 Å². The SMILES string of the molecule is CNCCCCCC(=O)NC[C@H]1NC(=O)[C@H](C)NC(=O)CCC(=O)N2CCCCCCn3cc(c4cc(F)ccc43)C[C@@]3(C=O)CN4CC[C@H](OCC(=O)NCc5cccc(c5)C[C@@H](CN3)NC1=O)[C@@H]4C(=O)NC([C@@H](C)O)C(=O)N[C@@H](Cc1ccc(OC)cc1)C(=O)N1CCC[C@@]1(C)C(=O)NCCc1ccc(cc1)C2. The van der Waals surface area contributed by atoms with Crippen LogP contribution in [-0.2, 0) is 103 Å². The number of unbranched alkanes of at least 4 members (excludes halogenated alkanes) is 2. The molecule has 110 heavy (non-hydrogen) atoms. The number of benzene rings is 4. The number of rotatable bonds is 13. The number of halogens is 1. The van der Waals surface area contributed by atoms with Gasteiger partial charge in [0.05, 0.1) is 24.9 Å². The molecule has 11 N–H and O–H groups in total. The molecule has 29 heteroatoms. The minimum absolute atomic E-state index is 0.0212. The summed E-state index contributed by atoms with van der Waals surface area (Å²) in [6.45, 7) is 5.19. The lowest BCUT2D eigenvalue weighted by Crippen LogP contribution is -2.65. The van der Waals surface area contributed by atoms with Crippen LogP contribution < -0.4 is 57.9 Å². The van der Waals surface area contributed by atoms with Crippen molar-refractivity contribution in [2.75, 3.05) is 73.1 Å². The molecule has 12 bridgehead atoms. The summed E-state index contributed by atoms with van der Waals surface area (Å²) >= 11 is 0. The molecule has 594 valence electrons. The van der Waals surface area contributed by atoms with Gasteiger partial charge in [0, 0.05) is 121 Å². The lowest BCUT2D eigenvalue weighted by Gasteiger charge is -2.38. The summed E-state index contributed by atoms with van der Waals surface area (Å²) in [5.41, 5.74) is 1.66. The molecule has 2 fully saturated rings. The molecule has 4 aromatic carbocycles. The Labute approximate surface area is 641 Å². The maximum atomic E-state index is 15.9. The second-order valence-corrected chi connectivity index (χ2v) is 30.2. The quantitative estimate of drug-likeness (QED) is 0.0596. The second-order valence-electron chi connectivity index (χ2n) is 30.2. The number of aliphatic hydroxyl groups is 1. The van der Waals surface area contributed by atoms with Gasteiger partial charge in [0.2, 0.25) is 59.1 Å². The summed E-state index contributed by atoms with van der Waals surface area (Å²) in [5.74, 6) is -6.19. The predicted octanol–water partition coefficient (Wildman–Crippen LogP) is 2.59. The monoisotopic (exact) mass is 1520 g/mol. The summed E-state index contributed by atoms with van der Waals surface area (Å²) in [4.78, 5) is 166. The van der Waals surface area contributed by atoms with Crippen LogP contribution in [0, 0.1) is 5.82 Å². The van der Waals surface area contributed by atoms with Crippen LogP contribution in [0.5, 0.6) is 5.75 Å². The molecule has 5 aromatic rings. The van der Waals surface area contributed by atoms with Crippen molar-refractivity contribution in [1.82, 2.24) is 72.4 Å². The number of aldehydes is 1. The van der Waals surface area contributed by atoms with Crippen LogP contribution >= 0.6 is 0 Å². The van der Waals surface area contributed by atoms with E-state index in [4.69, 9.17) is 9.47 Å². The molecule has 0 radical (unpaired) electrons. The Bertz CT molecular complexity index is 4070. The standard InChI is InChI=1S/C81H109FN14O14/c1-52-74(103)91-65(46-86-68(99)17-9-8-10-33-83-4)75(104)89-61-40-57-15-13-16-58(39-57)44-85-70(101)49-110-67-31-38-95-50-81(51-97,87-45-61)43-59-48-93(66-27-24-60(82)42-63(59)66)35-11-6-7-12-36-94(71(102)29-28-69(100)88-52)47-56-20-18-54(19-21-56)30-34-84-79(108)80(3)32-14-37-96(80)78(107)64(41-55-22-25-62(109-5)26-23-55)90-76(105)72(53(2)98)92-77(106)73(67)95/h13,15-16,18-27,39,42,48,51-53,61,64-65,67,72-73,83,87,98H,6-12,14,17,28-38,40-41,43-47,49-50H2,1-5H3,(H,84,108)(H,85,101)(H,86,99)(H,88,100)(H,89,104)(H,90,105)(H,91,103)(H,92,106)/t52-,53+,61-,64-,65+,67-,72?,73+,80-,81-/m0/s1. The molecule has 2 saturated heterocycles. The highest BCUT2D eigenvalue weighted by Crippen LogP contribution is 2.33. The van der Waals surface area contributed by atoms with Crippen LogP contribution in [0.1, 0.15) is 138 Å². The fraction of sp³-hybridized carbons (Fsp3) is 0.543. The van der Waals surface area contributed by atoms with Crippen molar-refractivity contribution in [2.24, 2.45) is 0 Å². The van der Waals surface area contributed by atoms with Crippen LogP contribution in [-0.4, -0.2) is 222 Å². The highest BCUT2D eigenvalue weighted by atomic mass is 19.1. The van der Waals surface area contributed by atoms with Crippen molar-refractivity contribution in [1.29, 1.82) is 0 Å². The number of aryl methyl sites for hydroxylation is 1. The molecule has 10 amide bonds. The van der Waals surface area contributed by atoms with Gasteiger partial charge in [-0.05, 0) is 156 Å². The highest BCUT2D eigenvalue weighted by molar-refractivity contribution is 5.98. The summed E-state index contributed by atoms with van der Waals surface area (Å²) in [6.07, 6.45) is 5.35. The third-order valence-electron chi connectivity index (χ3n) is 21.8. The lowest BCUT2D eigenvalue weighted by molar-refractivity contribution is -0.147. The lowest BCUT2D eigenvalue weighted by atomic mass is 9.90. The maximum Gasteiger partial charge on any atom is 0.246 e. The molecular formula is C81H109FN14O14. The second kappa shape index (κ2) is 39.3. The van der Waals surface area contributed by atoms with Gasteiger partial charge in [0.15, 0.2) is 0 Å². The minimum atomic E-state index is -1.78. The highest BCUT2D eigenvalue weighted by Gasteiger charge is 2.50. The fourth-order valence-electron chi connectivity index (χ4n) is 15.5. The first-order valence-electron chi connectivity index (χ1n) is 38.8. The number of ether oxygens (including phenoxy) is 2. The third-order valence-corrected chi connectivity index (χ3v) is 21.8. The Kier molecular flexibility index (Phi) is 29.6. The van der Waals surface area contributed by atoms with Crippen molar-refractivity contribution < 1.29 is 71.7 Å². The first-order valence-corrected chi connectivity index (χ1v) is 38.8. The van der Waals surface area contributed by atoms with Gasteiger partial charge in [0.25, 0.3) is 0 Å². The van der Waals surface area contributed by atoms with Gasteiger partial charge < -0.3 is 86.9 Å². The molecule has 7 heterocycles. The van der Waals surface area contributed by atoms with Gasteiger partial charge in [-0.1, -0.05) is 79.9 Å². The first-order chi connectivity index (χ1) is 52.9. The Morgan fingerprint density at radius 2 is 1.52 bits per heavy atom. The van der Waals surface area contributed by atoms with Gasteiger partial charge in [-0.15, -0.1) is 0 Å². The van der Waals surface area contributed by atoms with Gasteiger partial charge in [-0.2, -0.15) is 0 Å². The molecule has 0 aliphatic carbocycles. The number of nitrogens with one attached hydrogen (secondary N) is 10. The molecule has 6 aliphatic heterocycles. The maximum absolute atomic E-state index is 15.9. The van der Waals surface area contributed by atoms with E-state index in [1.807, 2.05) is 54.2 Å². The van der Waals surface area contributed by atoms with E-state index in [2.05, 4.69) is 53.2 Å². The van der Waals surface area contributed by atoms with Crippen molar-refractivity contribution >= 4 is 76.3 Å². The van der Waals surface area contributed by atoms with E-state index >= 15 is 23.6 Å². The Hall–Kier alpha value is -9.68. The number of aromatic nitrogens is 1. The zero-order valence-corrected chi connectivity index (χ0v) is 63.9. The minimum Gasteiger partial charge on any atom is -0.497 e. The van der Waals surface area contributed by atoms with Crippen molar-refractivity contribution in [2.45, 2.75) is 209 Å². The largest absolute Gasteiger partial charge is 0.497 e. The Morgan fingerprint density at radius 1 is 0.764 bits per heavy atom. The van der Waals surface area contributed by atoms with Crippen molar-refractivity contribution in [3.8, 4) is 5.75 Å². The fourth-order valence-corrected chi connectivity index (χ4v) is 15.5. The summed E-state index contributed by atoms with van der Waals surface area (Å²) in [7, 11) is 3.35. The van der Waals surface area contributed by atoms with E-state index in [1.54, 1.807) is 59.2 Å². The summed E-state index contributed by atoms with van der Waals surface area (Å²) < 4.78 is 29.7. The molecule has 28 nitrogen and oxygen atoms in total. The summed E-state index contributed by atoms with van der Waals surface area (Å²) in [5, 5.41) is 41.8. The number of fused-ring (bicyclic) bond motifs is 16. The van der Waals surface area contributed by atoms with Crippen LogP contribution in [0.25, 0.3) is 10.9 Å². The number of carbonyl (C=O) groups excluding carboxylic acids is 11. The van der Waals surface area contributed by atoms with Crippen LogP contribution in [0.2, 0.25) is 0 Å². The number of nitrogens with zero attached hydrogens (tertiary/aromatic N) is 4. The zero-order valence-electron chi connectivity index (χ0n) is 63.9. The number of aliphatic hydroxyl groups excluding tert-OH is 1. The van der Waals surface area contributed by atoms with Crippen LogP contribution in [0.3, 0.4) is 0 Å².